The number of anilines is 4. The Labute approximate surface area is 266 Å². The zero-order valence-electron chi connectivity index (χ0n) is 25.0. The Morgan fingerprint density at radius 2 is 1.73 bits per heavy atom. The molecule has 0 bridgehead atoms. The van der Waals surface area contributed by atoms with E-state index in [2.05, 4.69) is 38.4 Å². The van der Waals surface area contributed by atoms with E-state index in [1.165, 1.54) is 15.4 Å². The number of benzene rings is 3. The molecule has 0 saturated carbocycles. The van der Waals surface area contributed by atoms with Crippen LogP contribution < -0.4 is 20.9 Å². The number of carbonyl (C=O) groups excluding carboxylic acids is 3. The molecule has 230 valence electrons. The SMILES string of the molecule is CC(=O)N1CCN(Cc2cccc(-c3ccc(C(=O)Nc4ccc(Cl)c(N5Cc6cnc(N)nc6N(C)C5=O)c4)cc3)c2)CC1. The number of carbonyl (C=O) groups is 3. The summed E-state index contributed by atoms with van der Waals surface area (Å²) in [6.07, 6.45) is 1.59. The van der Waals surface area contributed by atoms with Gasteiger partial charge in [0.1, 0.15) is 5.82 Å². The summed E-state index contributed by atoms with van der Waals surface area (Å²) in [5.74, 6) is 0.374. The number of piperazine rings is 1. The quantitative estimate of drug-likeness (QED) is 0.313. The van der Waals surface area contributed by atoms with Crippen LogP contribution in [0.2, 0.25) is 5.02 Å². The van der Waals surface area contributed by atoms with Gasteiger partial charge in [0.05, 0.1) is 17.3 Å². The van der Waals surface area contributed by atoms with E-state index in [4.69, 9.17) is 17.3 Å². The Morgan fingerprint density at radius 3 is 2.47 bits per heavy atom. The highest BCUT2D eigenvalue weighted by atomic mass is 35.5. The maximum atomic E-state index is 13.2. The molecular weight excluding hydrogens is 592 g/mol. The summed E-state index contributed by atoms with van der Waals surface area (Å²) in [5.41, 5.74) is 11.1. The number of nitrogens with one attached hydrogen (secondary N) is 1. The fourth-order valence-electron chi connectivity index (χ4n) is 5.65. The number of halogens is 1. The molecular formula is C33H33ClN8O3. The van der Waals surface area contributed by atoms with Gasteiger partial charge in [-0.2, -0.15) is 4.98 Å². The summed E-state index contributed by atoms with van der Waals surface area (Å²) in [6, 6.07) is 20.5. The minimum Gasteiger partial charge on any atom is -0.368 e. The van der Waals surface area contributed by atoms with Gasteiger partial charge in [0.2, 0.25) is 11.9 Å². The molecule has 1 fully saturated rings. The minimum absolute atomic E-state index is 0.0863. The Kier molecular flexibility index (Phi) is 8.38. The van der Waals surface area contributed by atoms with Crippen molar-refractivity contribution >= 4 is 52.6 Å². The van der Waals surface area contributed by atoms with Gasteiger partial charge >= 0.3 is 6.03 Å². The molecule has 0 atom stereocenters. The molecule has 4 aromatic rings. The van der Waals surface area contributed by atoms with Crippen molar-refractivity contribution in [3.63, 3.8) is 0 Å². The van der Waals surface area contributed by atoms with Crippen LogP contribution >= 0.6 is 11.6 Å². The van der Waals surface area contributed by atoms with Crippen molar-refractivity contribution in [1.29, 1.82) is 0 Å². The van der Waals surface area contributed by atoms with Crippen molar-refractivity contribution in [3.05, 3.63) is 94.6 Å². The van der Waals surface area contributed by atoms with Crippen LogP contribution in [0.3, 0.4) is 0 Å². The molecule has 0 radical (unpaired) electrons. The van der Waals surface area contributed by atoms with Gasteiger partial charge in [0.25, 0.3) is 5.91 Å². The first-order chi connectivity index (χ1) is 21.7. The van der Waals surface area contributed by atoms with Crippen LogP contribution in [0.1, 0.15) is 28.4 Å². The molecule has 1 saturated heterocycles. The van der Waals surface area contributed by atoms with Crippen LogP contribution in [0, 0.1) is 0 Å². The lowest BCUT2D eigenvalue weighted by atomic mass is 10.0. The predicted molar refractivity (Wildman–Crippen MR) is 175 cm³/mol. The lowest BCUT2D eigenvalue weighted by Crippen LogP contribution is -2.47. The fourth-order valence-corrected chi connectivity index (χ4v) is 5.87. The van der Waals surface area contributed by atoms with E-state index >= 15 is 0 Å². The smallest absolute Gasteiger partial charge is 0.330 e. The second-order valence-corrected chi connectivity index (χ2v) is 11.6. The summed E-state index contributed by atoms with van der Waals surface area (Å²) in [6.45, 7) is 5.85. The first-order valence-corrected chi connectivity index (χ1v) is 15.0. The molecule has 1 aromatic heterocycles. The van der Waals surface area contributed by atoms with Gasteiger partial charge in [-0.05, 0) is 53.1 Å². The third kappa shape index (κ3) is 6.45. The number of rotatable bonds is 6. The van der Waals surface area contributed by atoms with E-state index in [1.54, 1.807) is 50.5 Å². The standard InChI is InChI=1S/C33H33ClN8O3/c1-21(43)41-14-12-40(13-15-41)19-22-4-3-5-25(16-22)23-6-8-24(9-7-23)31(44)37-27-10-11-28(34)29(17-27)42-20-26-18-36-32(35)38-30(26)39(2)33(42)45/h3-11,16-18H,12-15,19-20H2,1-2H3,(H,37,44)(H2,35,36,38). The largest absolute Gasteiger partial charge is 0.368 e. The van der Waals surface area contributed by atoms with Crippen molar-refractivity contribution < 1.29 is 14.4 Å². The van der Waals surface area contributed by atoms with E-state index in [-0.39, 0.29) is 30.3 Å². The predicted octanol–water partition coefficient (Wildman–Crippen LogP) is 4.87. The third-order valence-electron chi connectivity index (χ3n) is 8.15. The van der Waals surface area contributed by atoms with Gasteiger partial charge in [0.15, 0.2) is 0 Å². The number of fused-ring (bicyclic) bond motifs is 1. The summed E-state index contributed by atoms with van der Waals surface area (Å²) >= 11 is 6.51. The average Bonchev–Trinajstić information content (AvgIpc) is 3.04. The van der Waals surface area contributed by atoms with E-state index in [9.17, 15) is 14.4 Å². The third-order valence-corrected chi connectivity index (χ3v) is 8.47. The normalized spacial score (nSPS) is 15.2. The first-order valence-electron chi connectivity index (χ1n) is 14.6. The number of nitrogens with zero attached hydrogens (tertiary/aromatic N) is 6. The highest BCUT2D eigenvalue weighted by molar-refractivity contribution is 6.34. The summed E-state index contributed by atoms with van der Waals surface area (Å²) in [5, 5.41) is 3.28. The van der Waals surface area contributed by atoms with E-state index in [1.807, 2.05) is 23.1 Å². The van der Waals surface area contributed by atoms with Gasteiger partial charge in [0, 0.05) is 69.7 Å². The molecule has 4 amide bonds. The summed E-state index contributed by atoms with van der Waals surface area (Å²) in [7, 11) is 1.61. The zero-order valence-corrected chi connectivity index (χ0v) is 25.8. The number of hydrogen-bond donors (Lipinski definition) is 2. The topological polar surface area (TPSA) is 128 Å². The van der Waals surface area contributed by atoms with E-state index < -0.39 is 0 Å². The minimum atomic E-state index is -0.332. The summed E-state index contributed by atoms with van der Waals surface area (Å²) < 4.78 is 0. The highest BCUT2D eigenvalue weighted by Crippen LogP contribution is 2.35. The maximum absolute atomic E-state index is 13.2. The van der Waals surface area contributed by atoms with Crippen LogP contribution in [0.15, 0.2) is 72.9 Å². The highest BCUT2D eigenvalue weighted by Gasteiger charge is 2.32. The van der Waals surface area contributed by atoms with Gasteiger partial charge in [-0.3, -0.25) is 24.3 Å². The van der Waals surface area contributed by atoms with Crippen molar-refractivity contribution in [1.82, 2.24) is 19.8 Å². The lowest BCUT2D eigenvalue weighted by Gasteiger charge is -2.34. The van der Waals surface area contributed by atoms with Gasteiger partial charge in [-0.25, -0.2) is 9.78 Å². The number of amides is 4. The van der Waals surface area contributed by atoms with Gasteiger partial charge < -0.3 is 16.0 Å². The maximum Gasteiger partial charge on any atom is 0.330 e. The number of nitrogens with two attached hydrogens (primary N) is 1. The molecule has 2 aliphatic rings. The molecule has 3 aromatic carbocycles. The number of aromatic nitrogens is 2. The Bertz CT molecular complexity index is 1770. The molecule has 3 N–H and O–H groups in total. The van der Waals surface area contributed by atoms with E-state index in [0.717, 1.165) is 49.4 Å². The second-order valence-electron chi connectivity index (χ2n) is 11.2. The Hall–Kier alpha value is -5.00. The molecule has 3 heterocycles. The lowest BCUT2D eigenvalue weighted by molar-refractivity contribution is -0.130. The van der Waals surface area contributed by atoms with Gasteiger partial charge in [-0.1, -0.05) is 41.9 Å². The molecule has 45 heavy (non-hydrogen) atoms. The number of urea groups is 1. The number of nitrogen functional groups attached to an aromatic ring is 1. The van der Waals surface area contributed by atoms with Crippen LogP contribution in [-0.2, 0) is 17.9 Å². The van der Waals surface area contributed by atoms with Crippen LogP contribution in [0.25, 0.3) is 11.1 Å². The Balaban J connectivity index is 1.12. The molecule has 6 rings (SSSR count). The number of hydrogen-bond acceptors (Lipinski definition) is 7. The van der Waals surface area contributed by atoms with Crippen molar-refractivity contribution in [2.24, 2.45) is 0 Å². The molecule has 0 spiro atoms. The van der Waals surface area contributed by atoms with Crippen molar-refractivity contribution in [3.8, 4) is 11.1 Å². The fraction of sp³-hybridized carbons (Fsp3) is 0.242. The molecule has 11 nitrogen and oxygen atoms in total. The van der Waals surface area contributed by atoms with Crippen molar-refractivity contribution in [2.75, 3.05) is 54.1 Å². The Morgan fingerprint density at radius 1 is 0.978 bits per heavy atom. The van der Waals surface area contributed by atoms with E-state index in [0.29, 0.717) is 27.8 Å². The van der Waals surface area contributed by atoms with Crippen LogP contribution in [0.5, 0.6) is 0 Å². The molecule has 0 unspecified atom stereocenters. The monoisotopic (exact) mass is 624 g/mol. The average molecular weight is 625 g/mol. The molecule has 12 heteroatoms. The van der Waals surface area contributed by atoms with Crippen LogP contribution in [0.4, 0.5) is 27.9 Å². The van der Waals surface area contributed by atoms with Gasteiger partial charge in [-0.15, -0.1) is 0 Å². The van der Waals surface area contributed by atoms with Crippen molar-refractivity contribution in [2.45, 2.75) is 20.0 Å². The molecule has 2 aliphatic heterocycles. The first kappa shape index (κ1) is 30.0. The summed E-state index contributed by atoms with van der Waals surface area (Å²) in [4.78, 5) is 53.4. The van der Waals surface area contributed by atoms with Crippen LogP contribution in [-0.4, -0.2) is 70.8 Å². The zero-order chi connectivity index (χ0) is 31.7. The second kappa shape index (κ2) is 12.5. The molecule has 0 aliphatic carbocycles.